The van der Waals surface area contributed by atoms with Gasteiger partial charge in [0.2, 0.25) is 5.78 Å². The lowest BCUT2D eigenvalue weighted by Gasteiger charge is -2.06. The fraction of sp³-hybridized carbons (Fsp3) is 0.100. The number of rotatable bonds is 4. The first kappa shape index (κ1) is 15.2. The second-order valence-corrected chi connectivity index (χ2v) is 5.84. The molecule has 0 atom stereocenters. The topological polar surface area (TPSA) is 72.3 Å². The molecule has 0 aliphatic rings. The molecule has 0 bridgehead atoms. The molecule has 2 aromatic carbocycles. The summed E-state index contributed by atoms with van der Waals surface area (Å²) in [6.45, 7) is 1.78. The summed E-state index contributed by atoms with van der Waals surface area (Å²) in [5.74, 6) is 0.372. The normalized spacial score (nSPS) is 11.1. The third-order valence-corrected chi connectivity index (χ3v) is 4.14. The molecule has 0 saturated carbocycles. The highest BCUT2D eigenvalue weighted by Gasteiger charge is 2.16. The highest BCUT2D eigenvalue weighted by atomic mass is 16.5. The number of nitrogens with one attached hydrogen (secondary N) is 1. The zero-order chi connectivity index (χ0) is 17.4. The molecular weight excluding hydrogens is 318 g/mol. The van der Waals surface area contributed by atoms with Crippen LogP contribution in [0.5, 0.6) is 5.75 Å². The summed E-state index contributed by atoms with van der Waals surface area (Å²) >= 11 is 0. The standard InChI is InChI=1S/C20H15NO4/c1-12-20(15-4-2-3-5-16(15)21-12)17(22)11-24-14-8-6-13-7-9-19(23)25-18(13)10-14/h2-10,21H,11H2,1H3. The van der Waals surface area contributed by atoms with Crippen LogP contribution in [0.3, 0.4) is 0 Å². The van der Waals surface area contributed by atoms with Crippen molar-refractivity contribution in [2.75, 3.05) is 6.61 Å². The van der Waals surface area contributed by atoms with Crippen LogP contribution < -0.4 is 10.4 Å². The van der Waals surface area contributed by atoms with Gasteiger partial charge in [0.05, 0.1) is 0 Å². The number of benzene rings is 2. The van der Waals surface area contributed by atoms with Crippen molar-refractivity contribution in [3.63, 3.8) is 0 Å². The van der Waals surface area contributed by atoms with E-state index < -0.39 is 5.63 Å². The van der Waals surface area contributed by atoms with Crippen molar-refractivity contribution in [1.29, 1.82) is 0 Å². The summed E-state index contributed by atoms with van der Waals surface area (Å²) in [5.41, 5.74) is 2.40. The molecule has 0 fully saturated rings. The van der Waals surface area contributed by atoms with Crippen molar-refractivity contribution in [2.24, 2.45) is 0 Å². The number of hydrogen-bond acceptors (Lipinski definition) is 4. The average molecular weight is 333 g/mol. The molecule has 4 rings (SSSR count). The van der Waals surface area contributed by atoms with Crippen molar-refractivity contribution in [3.8, 4) is 5.75 Å². The number of Topliss-reactive ketones (excluding diaryl/α,β-unsaturated/α-hetero) is 1. The molecule has 4 aromatic rings. The van der Waals surface area contributed by atoms with Crippen LogP contribution in [-0.4, -0.2) is 17.4 Å². The van der Waals surface area contributed by atoms with E-state index in [4.69, 9.17) is 9.15 Å². The number of carbonyl (C=O) groups is 1. The SMILES string of the molecule is Cc1[nH]c2ccccc2c1C(=O)COc1ccc2ccc(=O)oc2c1. The fourth-order valence-electron chi connectivity index (χ4n) is 2.99. The molecule has 2 aromatic heterocycles. The number of fused-ring (bicyclic) bond motifs is 2. The van der Waals surface area contributed by atoms with Crippen molar-refractivity contribution in [2.45, 2.75) is 6.92 Å². The molecule has 0 spiro atoms. The van der Waals surface area contributed by atoms with Crippen LogP contribution in [0, 0.1) is 6.92 Å². The first-order chi connectivity index (χ1) is 12.1. The molecule has 5 nitrogen and oxygen atoms in total. The minimum absolute atomic E-state index is 0.0920. The van der Waals surface area contributed by atoms with Gasteiger partial charge in [0, 0.05) is 39.7 Å². The number of H-pyrrole nitrogens is 1. The fourth-order valence-corrected chi connectivity index (χ4v) is 2.99. The van der Waals surface area contributed by atoms with E-state index in [2.05, 4.69) is 4.98 Å². The van der Waals surface area contributed by atoms with Gasteiger partial charge in [-0.1, -0.05) is 18.2 Å². The number of para-hydroxylation sites is 1. The third kappa shape index (κ3) is 2.80. The van der Waals surface area contributed by atoms with Crippen LogP contribution in [0.15, 0.2) is 63.8 Å². The lowest BCUT2D eigenvalue weighted by molar-refractivity contribution is 0.0922. The molecule has 124 valence electrons. The van der Waals surface area contributed by atoms with Gasteiger partial charge < -0.3 is 14.1 Å². The Morgan fingerprint density at radius 1 is 1.12 bits per heavy atom. The van der Waals surface area contributed by atoms with Crippen LogP contribution in [0.4, 0.5) is 0 Å². The van der Waals surface area contributed by atoms with Crippen molar-refractivity contribution in [3.05, 3.63) is 76.3 Å². The number of hydrogen-bond donors (Lipinski definition) is 1. The lowest BCUT2D eigenvalue weighted by Crippen LogP contribution is -2.12. The number of aromatic nitrogens is 1. The number of aryl methyl sites for hydroxylation is 1. The molecule has 0 radical (unpaired) electrons. The predicted octanol–water partition coefficient (Wildman–Crippen LogP) is 3.84. The Bertz CT molecular complexity index is 1150. The van der Waals surface area contributed by atoms with Crippen molar-refractivity contribution in [1.82, 2.24) is 4.98 Å². The summed E-state index contributed by atoms with van der Waals surface area (Å²) in [7, 11) is 0. The van der Waals surface area contributed by atoms with Gasteiger partial charge in [-0.2, -0.15) is 0 Å². The monoisotopic (exact) mass is 333 g/mol. The van der Waals surface area contributed by atoms with E-state index in [0.29, 0.717) is 16.9 Å². The molecule has 0 aliphatic carbocycles. The number of aromatic amines is 1. The summed E-state index contributed by atoms with van der Waals surface area (Å²) in [6.07, 6.45) is 0. The zero-order valence-electron chi connectivity index (χ0n) is 13.5. The summed E-state index contributed by atoms with van der Waals surface area (Å²) in [5, 5.41) is 1.68. The first-order valence-electron chi connectivity index (χ1n) is 7.89. The number of ether oxygens (including phenoxy) is 1. The highest BCUT2D eigenvalue weighted by molar-refractivity contribution is 6.09. The molecule has 2 heterocycles. The maximum absolute atomic E-state index is 12.6. The van der Waals surface area contributed by atoms with Gasteiger partial charge in [-0.15, -0.1) is 0 Å². The Morgan fingerprint density at radius 2 is 1.92 bits per heavy atom. The lowest BCUT2D eigenvalue weighted by atomic mass is 10.1. The minimum atomic E-state index is -0.421. The number of carbonyl (C=O) groups excluding carboxylic acids is 1. The van der Waals surface area contributed by atoms with Crippen molar-refractivity contribution < 1.29 is 13.9 Å². The average Bonchev–Trinajstić information content (AvgIpc) is 2.95. The Hall–Kier alpha value is -3.34. The summed E-state index contributed by atoms with van der Waals surface area (Å²) < 4.78 is 10.8. The Kier molecular flexibility index (Phi) is 3.61. The molecule has 25 heavy (non-hydrogen) atoms. The van der Waals surface area contributed by atoms with E-state index in [1.54, 1.807) is 24.3 Å². The quantitative estimate of drug-likeness (QED) is 0.455. The molecular formula is C20H15NO4. The molecule has 0 unspecified atom stereocenters. The maximum Gasteiger partial charge on any atom is 0.336 e. The van der Waals surface area contributed by atoms with Gasteiger partial charge in [0.1, 0.15) is 11.3 Å². The maximum atomic E-state index is 12.6. The Morgan fingerprint density at radius 3 is 2.80 bits per heavy atom. The van der Waals surface area contributed by atoms with E-state index >= 15 is 0 Å². The highest BCUT2D eigenvalue weighted by Crippen LogP contribution is 2.23. The van der Waals surface area contributed by atoms with Gasteiger partial charge in [-0.05, 0) is 31.2 Å². The minimum Gasteiger partial charge on any atom is -0.485 e. The smallest absolute Gasteiger partial charge is 0.336 e. The molecule has 1 N–H and O–H groups in total. The first-order valence-corrected chi connectivity index (χ1v) is 7.89. The van der Waals surface area contributed by atoms with Crippen LogP contribution >= 0.6 is 0 Å². The van der Waals surface area contributed by atoms with Crippen LogP contribution in [-0.2, 0) is 0 Å². The third-order valence-electron chi connectivity index (χ3n) is 4.14. The van der Waals surface area contributed by atoms with E-state index in [9.17, 15) is 9.59 Å². The van der Waals surface area contributed by atoms with E-state index in [1.807, 2.05) is 31.2 Å². The van der Waals surface area contributed by atoms with Crippen LogP contribution in [0.25, 0.3) is 21.9 Å². The van der Waals surface area contributed by atoms with E-state index in [1.165, 1.54) is 6.07 Å². The Labute approximate surface area is 142 Å². The largest absolute Gasteiger partial charge is 0.485 e. The van der Waals surface area contributed by atoms with Gasteiger partial charge in [0.15, 0.2) is 6.61 Å². The van der Waals surface area contributed by atoms with Crippen molar-refractivity contribution >= 4 is 27.7 Å². The second kappa shape index (κ2) is 5.94. The Balaban J connectivity index is 1.59. The molecule has 0 aliphatic heterocycles. The summed E-state index contributed by atoms with van der Waals surface area (Å²) in [4.78, 5) is 27.1. The number of ketones is 1. The van der Waals surface area contributed by atoms with E-state index in [-0.39, 0.29) is 12.4 Å². The second-order valence-electron chi connectivity index (χ2n) is 5.84. The van der Waals surface area contributed by atoms with Crippen LogP contribution in [0.1, 0.15) is 16.1 Å². The van der Waals surface area contributed by atoms with Gasteiger partial charge in [-0.25, -0.2) is 4.79 Å². The van der Waals surface area contributed by atoms with E-state index in [0.717, 1.165) is 22.0 Å². The molecule has 5 heteroatoms. The zero-order valence-corrected chi connectivity index (χ0v) is 13.5. The predicted molar refractivity (Wildman–Crippen MR) is 95.3 cm³/mol. The van der Waals surface area contributed by atoms with Gasteiger partial charge in [-0.3, -0.25) is 4.79 Å². The molecule has 0 amide bonds. The summed E-state index contributed by atoms with van der Waals surface area (Å²) in [6, 6.07) is 15.9. The van der Waals surface area contributed by atoms with Crippen LogP contribution in [0.2, 0.25) is 0 Å². The molecule has 0 saturated heterocycles. The van der Waals surface area contributed by atoms with Gasteiger partial charge >= 0.3 is 5.63 Å². The van der Waals surface area contributed by atoms with Gasteiger partial charge in [0.25, 0.3) is 0 Å².